The molecule has 2 aromatic carbocycles. The fraction of sp³-hybridized carbons (Fsp3) is 0.333. The van der Waals surface area contributed by atoms with Crippen LogP contribution in [0.25, 0.3) is 0 Å². The Labute approximate surface area is 194 Å². The minimum absolute atomic E-state index is 0.0184. The molecule has 0 bridgehead atoms. The highest BCUT2D eigenvalue weighted by atomic mass is 19.4. The van der Waals surface area contributed by atoms with Crippen LogP contribution in [0, 0.1) is 0 Å². The molecule has 3 aromatic rings. The molecule has 3 rings (SSSR count). The second kappa shape index (κ2) is 10.1. The summed E-state index contributed by atoms with van der Waals surface area (Å²) in [7, 11) is 0. The second-order valence-corrected chi connectivity index (χ2v) is 8.78. The number of benzene rings is 2. The Morgan fingerprint density at radius 2 is 1.65 bits per heavy atom. The molecule has 0 spiro atoms. The fourth-order valence-corrected chi connectivity index (χ4v) is 3.00. The van der Waals surface area contributed by atoms with Crippen molar-refractivity contribution < 1.29 is 27.3 Å². The van der Waals surface area contributed by atoms with Crippen LogP contribution in [0.5, 0.6) is 0 Å². The predicted molar refractivity (Wildman–Crippen MR) is 120 cm³/mol. The van der Waals surface area contributed by atoms with Gasteiger partial charge in [-0.25, -0.2) is 0 Å². The van der Waals surface area contributed by atoms with Crippen molar-refractivity contribution in [1.82, 2.24) is 10.1 Å². The third-order valence-corrected chi connectivity index (χ3v) is 4.79. The minimum Gasteiger partial charge on any atom is -0.339 e. The molecule has 0 aliphatic heterocycles. The lowest BCUT2D eigenvalue weighted by molar-refractivity contribution is -0.137. The van der Waals surface area contributed by atoms with Gasteiger partial charge >= 0.3 is 6.18 Å². The maximum Gasteiger partial charge on any atom is 0.416 e. The quantitative estimate of drug-likeness (QED) is 0.465. The molecule has 2 N–H and O–H groups in total. The Morgan fingerprint density at radius 1 is 0.971 bits per heavy atom. The van der Waals surface area contributed by atoms with E-state index >= 15 is 0 Å². The maximum atomic E-state index is 12.9. The maximum absolute atomic E-state index is 12.9. The van der Waals surface area contributed by atoms with Gasteiger partial charge in [-0.3, -0.25) is 9.59 Å². The number of nitrogens with zero attached hydrogens (tertiary/aromatic N) is 2. The molecule has 0 atom stereocenters. The largest absolute Gasteiger partial charge is 0.416 e. The number of anilines is 2. The van der Waals surface area contributed by atoms with Crippen molar-refractivity contribution in [3.8, 4) is 0 Å². The summed E-state index contributed by atoms with van der Waals surface area (Å²) >= 11 is 0. The summed E-state index contributed by atoms with van der Waals surface area (Å²) in [5.74, 6) is 0.214. The highest BCUT2D eigenvalue weighted by molar-refractivity contribution is 6.05. The first-order valence-corrected chi connectivity index (χ1v) is 10.6. The van der Waals surface area contributed by atoms with E-state index < -0.39 is 17.6 Å². The Morgan fingerprint density at radius 3 is 2.29 bits per heavy atom. The van der Waals surface area contributed by atoms with Gasteiger partial charge in [0.05, 0.1) is 5.56 Å². The zero-order chi connectivity index (χ0) is 24.9. The summed E-state index contributed by atoms with van der Waals surface area (Å²) < 4.78 is 43.8. The zero-order valence-corrected chi connectivity index (χ0v) is 19.0. The number of rotatable bonds is 7. The number of carbonyl (C=O) groups is 2. The van der Waals surface area contributed by atoms with Crippen molar-refractivity contribution in [1.29, 1.82) is 0 Å². The van der Waals surface area contributed by atoms with Crippen LogP contribution in [-0.4, -0.2) is 22.0 Å². The summed E-state index contributed by atoms with van der Waals surface area (Å²) in [5.41, 5.74) is -0.478. The van der Waals surface area contributed by atoms with E-state index in [1.165, 1.54) is 24.3 Å². The molecular weight excluding hydrogens is 449 g/mol. The highest BCUT2D eigenvalue weighted by Gasteiger charge is 2.30. The number of amides is 2. The number of carbonyl (C=O) groups excluding carboxylic acids is 2. The summed E-state index contributed by atoms with van der Waals surface area (Å²) in [6, 6.07) is 10.5. The number of nitrogens with one attached hydrogen (secondary N) is 2. The van der Waals surface area contributed by atoms with E-state index in [2.05, 4.69) is 20.8 Å². The van der Waals surface area contributed by atoms with Gasteiger partial charge in [-0.1, -0.05) is 38.1 Å². The third kappa shape index (κ3) is 6.90. The Hall–Kier alpha value is -3.69. The van der Waals surface area contributed by atoms with Crippen molar-refractivity contribution in [2.75, 3.05) is 10.6 Å². The lowest BCUT2D eigenvalue weighted by atomic mass is 9.96. The van der Waals surface area contributed by atoms with Crippen molar-refractivity contribution in [3.05, 3.63) is 71.4 Å². The van der Waals surface area contributed by atoms with E-state index in [0.29, 0.717) is 30.2 Å². The average Bonchev–Trinajstić information content (AvgIpc) is 3.23. The van der Waals surface area contributed by atoms with Crippen molar-refractivity contribution in [3.63, 3.8) is 0 Å². The number of halogens is 3. The summed E-state index contributed by atoms with van der Waals surface area (Å²) in [5, 5.41) is 9.10. The van der Waals surface area contributed by atoms with Crippen LogP contribution in [0.1, 0.15) is 61.2 Å². The zero-order valence-electron chi connectivity index (χ0n) is 19.0. The Balaban J connectivity index is 1.54. The molecule has 10 heteroatoms. The number of aryl methyl sites for hydroxylation is 1. The first-order valence-electron chi connectivity index (χ1n) is 10.6. The van der Waals surface area contributed by atoms with Gasteiger partial charge in [0.1, 0.15) is 0 Å². The molecule has 0 aliphatic rings. The summed E-state index contributed by atoms with van der Waals surface area (Å²) in [6.07, 6.45) is -3.36. The molecule has 0 unspecified atom stereocenters. The Kier molecular flexibility index (Phi) is 7.38. The summed E-state index contributed by atoms with van der Waals surface area (Å²) in [6.45, 7) is 5.93. The minimum atomic E-state index is -4.51. The molecular formula is C24H25F3N4O3. The van der Waals surface area contributed by atoms with Gasteiger partial charge in [-0.05, 0) is 42.8 Å². The monoisotopic (exact) mass is 474 g/mol. The Bertz CT molecular complexity index is 1170. The van der Waals surface area contributed by atoms with Crippen LogP contribution < -0.4 is 10.6 Å². The van der Waals surface area contributed by atoms with Crippen LogP contribution in [0.15, 0.2) is 53.1 Å². The first kappa shape index (κ1) is 24.9. The first-order chi connectivity index (χ1) is 15.9. The van der Waals surface area contributed by atoms with E-state index in [1.54, 1.807) is 12.1 Å². The van der Waals surface area contributed by atoms with Gasteiger partial charge in [0.15, 0.2) is 5.82 Å². The molecule has 2 amide bonds. The van der Waals surface area contributed by atoms with Crippen LogP contribution in [0.3, 0.4) is 0 Å². The van der Waals surface area contributed by atoms with E-state index in [9.17, 15) is 22.8 Å². The van der Waals surface area contributed by atoms with Gasteiger partial charge in [0, 0.05) is 35.2 Å². The molecule has 0 aliphatic carbocycles. The number of hydrogen-bond donors (Lipinski definition) is 2. The average molecular weight is 474 g/mol. The van der Waals surface area contributed by atoms with Crippen LogP contribution in [0.4, 0.5) is 24.5 Å². The number of alkyl halides is 3. The van der Waals surface area contributed by atoms with E-state index in [0.717, 1.165) is 12.1 Å². The van der Waals surface area contributed by atoms with Crippen molar-refractivity contribution >= 4 is 23.2 Å². The SMILES string of the molecule is CC(C)(C)c1noc(CCCC(=O)Nc2cccc(C(=O)Nc3cccc(C(F)(F)F)c3)c2)n1. The van der Waals surface area contributed by atoms with Crippen molar-refractivity contribution in [2.24, 2.45) is 0 Å². The molecule has 0 saturated heterocycles. The molecule has 34 heavy (non-hydrogen) atoms. The van der Waals surface area contributed by atoms with E-state index in [-0.39, 0.29) is 29.0 Å². The molecule has 0 fully saturated rings. The molecule has 180 valence electrons. The number of hydrogen-bond acceptors (Lipinski definition) is 5. The topological polar surface area (TPSA) is 97.1 Å². The predicted octanol–water partition coefficient (Wildman–Crippen LogP) is 5.60. The number of aromatic nitrogens is 2. The fourth-order valence-electron chi connectivity index (χ4n) is 3.00. The molecule has 0 saturated carbocycles. The lowest BCUT2D eigenvalue weighted by Gasteiger charge is -2.11. The highest BCUT2D eigenvalue weighted by Crippen LogP contribution is 2.30. The molecule has 7 nitrogen and oxygen atoms in total. The van der Waals surface area contributed by atoms with Crippen LogP contribution in [-0.2, 0) is 22.8 Å². The van der Waals surface area contributed by atoms with Crippen LogP contribution in [0.2, 0.25) is 0 Å². The molecule has 1 aromatic heterocycles. The molecule has 1 heterocycles. The lowest BCUT2D eigenvalue weighted by Crippen LogP contribution is -2.15. The smallest absolute Gasteiger partial charge is 0.339 e. The summed E-state index contributed by atoms with van der Waals surface area (Å²) in [4.78, 5) is 29.1. The van der Waals surface area contributed by atoms with Gasteiger partial charge in [0.25, 0.3) is 5.91 Å². The van der Waals surface area contributed by atoms with Gasteiger partial charge in [0.2, 0.25) is 11.8 Å². The van der Waals surface area contributed by atoms with Crippen LogP contribution >= 0.6 is 0 Å². The van der Waals surface area contributed by atoms with Gasteiger partial charge in [-0.15, -0.1) is 0 Å². The molecule has 0 radical (unpaired) electrons. The van der Waals surface area contributed by atoms with Crippen molar-refractivity contribution in [2.45, 2.75) is 51.6 Å². The third-order valence-electron chi connectivity index (χ3n) is 4.79. The van der Waals surface area contributed by atoms with E-state index in [4.69, 9.17) is 4.52 Å². The van der Waals surface area contributed by atoms with Gasteiger partial charge < -0.3 is 15.2 Å². The van der Waals surface area contributed by atoms with Gasteiger partial charge in [-0.2, -0.15) is 18.2 Å². The standard InChI is InChI=1S/C24H25F3N4O3/c1-23(2,3)22-30-20(34-31-22)12-6-11-19(32)28-17-9-4-7-15(13-17)21(33)29-18-10-5-8-16(14-18)24(25,26)27/h4-5,7-10,13-14H,6,11-12H2,1-3H3,(H,28,32)(H,29,33). The van der Waals surface area contributed by atoms with E-state index in [1.807, 2.05) is 20.8 Å². The normalized spacial score (nSPS) is 11.8. The second-order valence-electron chi connectivity index (χ2n) is 8.78.